The molecule has 0 aliphatic carbocycles. The second kappa shape index (κ2) is 6.20. The van der Waals surface area contributed by atoms with E-state index in [9.17, 15) is 4.79 Å². The number of nitrogens with zero attached hydrogens (tertiary/aromatic N) is 3. The maximum absolute atomic E-state index is 12.4. The lowest BCUT2D eigenvalue weighted by atomic mass is 10.1. The topological polar surface area (TPSA) is 59.8 Å². The normalized spacial score (nSPS) is 12.5. The van der Waals surface area contributed by atoms with E-state index in [-0.39, 0.29) is 18.0 Å². The highest BCUT2D eigenvalue weighted by Gasteiger charge is 2.14. The average molecular weight is 308 g/mol. The molecule has 3 aromatic rings. The SMILES string of the molecule is CC(NC(=O)c1cnc2c(cnn2C(C)C)c1)c1ccccc1. The fraction of sp³-hybridized carbons (Fsp3) is 0.278. The zero-order valence-electron chi connectivity index (χ0n) is 13.5. The van der Waals surface area contributed by atoms with E-state index in [1.54, 1.807) is 12.4 Å². The third-order valence-corrected chi connectivity index (χ3v) is 3.83. The zero-order valence-corrected chi connectivity index (χ0v) is 13.5. The summed E-state index contributed by atoms with van der Waals surface area (Å²) < 4.78 is 1.85. The monoisotopic (exact) mass is 308 g/mol. The number of amides is 1. The van der Waals surface area contributed by atoms with Crippen LogP contribution in [0, 0.1) is 0 Å². The summed E-state index contributed by atoms with van der Waals surface area (Å²) in [5.74, 6) is -0.131. The molecule has 1 N–H and O–H groups in total. The molecule has 1 amide bonds. The molecular weight excluding hydrogens is 288 g/mol. The van der Waals surface area contributed by atoms with E-state index >= 15 is 0 Å². The van der Waals surface area contributed by atoms with Crippen molar-refractivity contribution in [1.29, 1.82) is 0 Å². The van der Waals surface area contributed by atoms with Gasteiger partial charge in [0.25, 0.3) is 5.91 Å². The van der Waals surface area contributed by atoms with E-state index in [0.717, 1.165) is 16.6 Å². The van der Waals surface area contributed by atoms with Crippen LogP contribution >= 0.6 is 0 Å². The zero-order chi connectivity index (χ0) is 16.4. The Hall–Kier alpha value is -2.69. The van der Waals surface area contributed by atoms with Gasteiger partial charge in [-0.25, -0.2) is 9.67 Å². The quantitative estimate of drug-likeness (QED) is 0.802. The Morgan fingerprint density at radius 2 is 1.87 bits per heavy atom. The molecule has 5 heteroatoms. The number of fused-ring (bicyclic) bond motifs is 1. The molecule has 5 nitrogen and oxygen atoms in total. The number of hydrogen-bond donors (Lipinski definition) is 1. The first kappa shape index (κ1) is 15.2. The molecule has 0 saturated heterocycles. The van der Waals surface area contributed by atoms with Gasteiger partial charge in [0.15, 0.2) is 5.65 Å². The van der Waals surface area contributed by atoms with Crippen LogP contribution in [-0.2, 0) is 0 Å². The van der Waals surface area contributed by atoms with Crippen molar-refractivity contribution in [1.82, 2.24) is 20.1 Å². The number of nitrogens with one attached hydrogen (secondary N) is 1. The highest BCUT2D eigenvalue weighted by Crippen LogP contribution is 2.18. The number of pyridine rings is 1. The summed E-state index contributed by atoms with van der Waals surface area (Å²) in [6.07, 6.45) is 3.36. The molecule has 23 heavy (non-hydrogen) atoms. The lowest BCUT2D eigenvalue weighted by molar-refractivity contribution is 0.0939. The highest BCUT2D eigenvalue weighted by molar-refractivity contribution is 5.97. The van der Waals surface area contributed by atoms with Crippen molar-refractivity contribution in [3.63, 3.8) is 0 Å². The molecule has 2 heterocycles. The average Bonchev–Trinajstić information content (AvgIpc) is 2.98. The van der Waals surface area contributed by atoms with E-state index in [0.29, 0.717) is 5.56 Å². The van der Waals surface area contributed by atoms with E-state index in [2.05, 4.69) is 29.2 Å². The number of hydrogen-bond acceptors (Lipinski definition) is 3. The molecular formula is C18H20N4O. The number of aromatic nitrogens is 3. The first-order chi connectivity index (χ1) is 11.1. The van der Waals surface area contributed by atoms with E-state index in [4.69, 9.17) is 0 Å². The van der Waals surface area contributed by atoms with E-state index in [1.165, 1.54) is 0 Å². The van der Waals surface area contributed by atoms with Gasteiger partial charge < -0.3 is 5.32 Å². The molecule has 0 aliphatic rings. The highest BCUT2D eigenvalue weighted by atomic mass is 16.1. The maximum atomic E-state index is 12.4. The summed E-state index contributed by atoms with van der Waals surface area (Å²) in [6, 6.07) is 11.9. The van der Waals surface area contributed by atoms with Gasteiger partial charge in [0.1, 0.15) is 0 Å². The smallest absolute Gasteiger partial charge is 0.253 e. The maximum Gasteiger partial charge on any atom is 0.253 e. The van der Waals surface area contributed by atoms with Crippen molar-refractivity contribution in [2.24, 2.45) is 0 Å². The van der Waals surface area contributed by atoms with Gasteiger partial charge in [0.2, 0.25) is 0 Å². The lowest BCUT2D eigenvalue weighted by Gasteiger charge is -2.14. The standard InChI is InChI=1S/C18H20N4O/c1-12(2)22-17-15(11-20-22)9-16(10-19-17)18(23)21-13(3)14-7-5-4-6-8-14/h4-13H,1-3H3,(H,21,23). The van der Waals surface area contributed by atoms with Crippen molar-refractivity contribution in [2.45, 2.75) is 32.9 Å². The fourth-order valence-corrected chi connectivity index (χ4v) is 2.55. The summed E-state index contributed by atoms with van der Waals surface area (Å²) >= 11 is 0. The third kappa shape index (κ3) is 3.08. The molecule has 0 saturated carbocycles. The molecule has 1 aromatic carbocycles. The van der Waals surface area contributed by atoms with Crippen LogP contribution in [0.25, 0.3) is 11.0 Å². The van der Waals surface area contributed by atoms with Gasteiger partial charge in [-0.2, -0.15) is 5.10 Å². The minimum atomic E-state index is -0.131. The fourth-order valence-electron chi connectivity index (χ4n) is 2.55. The molecule has 0 fully saturated rings. The molecule has 118 valence electrons. The van der Waals surface area contributed by atoms with Crippen LogP contribution in [0.1, 0.15) is 48.8 Å². The summed E-state index contributed by atoms with van der Waals surface area (Å²) in [7, 11) is 0. The number of carbonyl (C=O) groups excluding carboxylic acids is 1. The number of carbonyl (C=O) groups is 1. The van der Waals surface area contributed by atoms with Crippen LogP contribution < -0.4 is 5.32 Å². The Morgan fingerprint density at radius 1 is 1.13 bits per heavy atom. The largest absolute Gasteiger partial charge is 0.345 e. The predicted octanol–water partition coefficient (Wildman–Crippen LogP) is 3.50. The van der Waals surface area contributed by atoms with Crippen LogP contribution in [0.3, 0.4) is 0 Å². The van der Waals surface area contributed by atoms with E-state index < -0.39 is 0 Å². The molecule has 1 unspecified atom stereocenters. The van der Waals surface area contributed by atoms with Gasteiger partial charge in [-0.05, 0) is 32.4 Å². The number of rotatable bonds is 4. The summed E-state index contributed by atoms with van der Waals surface area (Å²) in [5.41, 5.74) is 2.42. The van der Waals surface area contributed by atoms with Crippen molar-refractivity contribution < 1.29 is 4.79 Å². The number of benzene rings is 1. The Kier molecular flexibility index (Phi) is 4.10. The molecule has 3 rings (SSSR count). The first-order valence-electron chi connectivity index (χ1n) is 7.75. The van der Waals surface area contributed by atoms with Gasteiger partial charge in [-0.3, -0.25) is 4.79 Å². The lowest BCUT2D eigenvalue weighted by Crippen LogP contribution is -2.26. The Bertz CT molecular complexity index is 823. The molecule has 0 aliphatic heterocycles. The van der Waals surface area contributed by atoms with Crippen molar-refractivity contribution in [3.8, 4) is 0 Å². The van der Waals surface area contributed by atoms with Crippen LogP contribution in [-0.4, -0.2) is 20.7 Å². The van der Waals surface area contributed by atoms with Crippen LogP contribution in [0.2, 0.25) is 0 Å². The first-order valence-corrected chi connectivity index (χ1v) is 7.75. The Balaban J connectivity index is 1.81. The van der Waals surface area contributed by atoms with Crippen LogP contribution in [0.4, 0.5) is 0 Å². The van der Waals surface area contributed by atoms with Crippen LogP contribution in [0.15, 0.2) is 48.8 Å². The second-order valence-electron chi connectivity index (χ2n) is 5.93. The molecule has 0 spiro atoms. The summed E-state index contributed by atoms with van der Waals surface area (Å²) in [5, 5.41) is 8.20. The molecule has 0 radical (unpaired) electrons. The van der Waals surface area contributed by atoms with Gasteiger partial charge in [-0.1, -0.05) is 30.3 Å². The summed E-state index contributed by atoms with van der Waals surface area (Å²) in [6.45, 7) is 6.07. The van der Waals surface area contributed by atoms with Crippen LogP contribution in [0.5, 0.6) is 0 Å². The molecule has 0 bridgehead atoms. The van der Waals surface area contributed by atoms with Crippen molar-refractivity contribution >= 4 is 16.9 Å². The second-order valence-corrected chi connectivity index (χ2v) is 5.93. The minimum Gasteiger partial charge on any atom is -0.345 e. The van der Waals surface area contributed by atoms with E-state index in [1.807, 2.05) is 48.0 Å². The van der Waals surface area contributed by atoms with Crippen molar-refractivity contribution in [2.75, 3.05) is 0 Å². The van der Waals surface area contributed by atoms with Crippen molar-refractivity contribution in [3.05, 3.63) is 59.9 Å². The minimum absolute atomic E-state index is 0.0576. The molecule has 2 aromatic heterocycles. The summed E-state index contributed by atoms with van der Waals surface area (Å²) in [4.78, 5) is 16.8. The molecule has 1 atom stereocenters. The Morgan fingerprint density at radius 3 is 2.57 bits per heavy atom. The van der Waals surface area contributed by atoms with Gasteiger partial charge in [0.05, 0.1) is 17.8 Å². The van der Waals surface area contributed by atoms with Gasteiger partial charge in [0, 0.05) is 17.6 Å². The Labute approximate surface area is 135 Å². The van der Waals surface area contributed by atoms with Gasteiger partial charge >= 0.3 is 0 Å². The van der Waals surface area contributed by atoms with Gasteiger partial charge in [-0.15, -0.1) is 0 Å². The predicted molar refractivity (Wildman–Crippen MR) is 90.2 cm³/mol. The third-order valence-electron chi connectivity index (χ3n) is 3.83.